The summed E-state index contributed by atoms with van der Waals surface area (Å²) in [6.45, 7) is 0. The van der Waals surface area contributed by atoms with Gasteiger partial charge in [0.1, 0.15) is 11.2 Å². The van der Waals surface area contributed by atoms with E-state index >= 15 is 0 Å². The van der Waals surface area contributed by atoms with Gasteiger partial charge in [-0.25, -0.2) is 0 Å². The predicted molar refractivity (Wildman–Crippen MR) is 249 cm³/mol. The molecule has 2 heterocycles. The molecule has 59 heavy (non-hydrogen) atoms. The van der Waals surface area contributed by atoms with Gasteiger partial charge >= 0.3 is 0 Å². The van der Waals surface area contributed by atoms with E-state index in [0.29, 0.717) is 0 Å². The number of fused-ring (bicyclic) bond motifs is 9. The summed E-state index contributed by atoms with van der Waals surface area (Å²) in [6, 6.07) is 78.8. The van der Waals surface area contributed by atoms with Crippen LogP contribution in [-0.4, -0.2) is 4.57 Å². The zero-order valence-electron chi connectivity index (χ0n) is 32.1. The van der Waals surface area contributed by atoms with Crippen molar-refractivity contribution < 1.29 is 4.42 Å². The largest absolute Gasteiger partial charge is 0.455 e. The number of aromatic nitrogens is 1. The number of hydrogen-bond acceptors (Lipinski definition) is 2. The Morgan fingerprint density at radius 2 is 0.949 bits per heavy atom. The van der Waals surface area contributed by atoms with Gasteiger partial charge < -0.3 is 13.9 Å². The molecular weight excluding hydrogens is 717 g/mol. The molecule has 0 aliphatic rings. The zero-order chi connectivity index (χ0) is 38.9. The second kappa shape index (κ2) is 13.4. The lowest BCUT2D eigenvalue weighted by molar-refractivity contribution is 0.670. The van der Waals surface area contributed by atoms with Crippen molar-refractivity contribution in [2.75, 3.05) is 4.90 Å². The second-order valence-electron chi connectivity index (χ2n) is 15.3. The van der Waals surface area contributed by atoms with Crippen LogP contribution in [0.3, 0.4) is 0 Å². The maximum Gasteiger partial charge on any atom is 0.143 e. The van der Waals surface area contributed by atoms with E-state index in [2.05, 4.69) is 222 Å². The molecule has 0 aliphatic carbocycles. The average molecular weight is 753 g/mol. The van der Waals surface area contributed by atoms with Gasteiger partial charge in [0.05, 0.1) is 11.0 Å². The van der Waals surface area contributed by atoms with Crippen molar-refractivity contribution in [2.45, 2.75) is 0 Å². The molecule has 0 atom stereocenters. The molecule has 0 unspecified atom stereocenters. The van der Waals surface area contributed by atoms with E-state index in [-0.39, 0.29) is 0 Å². The highest BCUT2D eigenvalue weighted by Crippen LogP contribution is 2.45. The lowest BCUT2D eigenvalue weighted by atomic mass is 9.96. The van der Waals surface area contributed by atoms with Crippen LogP contribution < -0.4 is 4.90 Å². The Morgan fingerprint density at radius 3 is 1.76 bits per heavy atom. The lowest BCUT2D eigenvalue weighted by Gasteiger charge is -2.27. The van der Waals surface area contributed by atoms with Gasteiger partial charge in [-0.1, -0.05) is 146 Å². The third kappa shape index (κ3) is 5.44. The van der Waals surface area contributed by atoms with E-state index in [1.165, 1.54) is 48.9 Å². The summed E-state index contributed by atoms with van der Waals surface area (Å²) in [6.07, 6.45) is 0. The average Bonchev–Trinajstić information content (AvgIpc) is 3.85. The Labute approximate surface area is 341 Å². The Hall–Kier alpha value is -7.88. The summed E-state index contributed by atoms with van der Waals surface area (Å²) in [4.78, 5) is 2.38. The van der Waals surface area contributed by atoms with Gasteiger partial charge in [-0.2, -0.15) is 0 Å². The molecule has 12 rings (SSSR count). The minimum Gasteiger partial charge on any atom is -0.455 e. The maximum atomic E-state index is 6.77. The van der Waals surface area contributed by atoms with Crippen molar-refractivity contribution >= 4 is 82.4 Å². The molecule has 10 aromatic carbocycles. The maximum absolute atomic E-state index is 6.77. The van der Waals surface area contributed by atoms with Crippen molar-refractivity contribution in [3.63, 3.8) is 0 Å². The first-order chi connectivity index (χ1) is 29.2. The van der Waals surface area contributed by atoms with Crippen LogP contribution >= 0.6 is 0 Å². The minimum atomic E-state index is 0.872. The van der Waals surface area contributed by atoms with Crippen molar-refractivity contribution in [1.82, 2.24) is 4.57 Å². The van der Waals surface area contributed by atoms with E-state index in [4.69, 9.17) is 4.42 Å². The number of hydrogen-bond donors (Lipinski definition) is 0. The zero-order valence-corrected chi connectivity index (χ0v) is 32.1. The quantitative estimate of drug-likeness (QED) is 0.158. The molecule has 0 spiro atoms. The van der Waals surface area contributed by atoms with Gasteiger partial charge in [0.25, 0.3) is 0 Å². The highest BCUT2D eigenvalue weighted by molar-refractivity contribution is 6.13. The number of benzene rings is 10. The summed E-state index contributed by atoms with van der Waals surface area (Å²) >= 11 is 0. The van der Waals surface area contributed by atoms with Crippen molar-refractivity contribution in [3.8, 4) is 27.9 Å². The highest BCUT2D eigenvalue weighted by atomic mass is 16.3. The molecule has 0 saturated heterocycles. The number of rotatable bonds is 6. The van der Waals surface area contributed by atoms with Crippen LogP contribution in [0.4, 0.5) is 17.1 Å². The third-order valence-corrected chi connectivity index (χ3v) is 11.9. The normalized spacial score (nSPS) is 11.7. The fourth-order valence-electron chi connectivity index (χ4n) is 9.20. The van der Waals surface area contributed by atoms with Crippen molar-refractivity contribution in [3.05, 3.63) is 218 Å². The first kappa shape index (κ1) is 33.3. The van der Waals surface area contributed by atoms with Gasteiger partial charge in [0.15, 0.2) is 0 Å². The Bertz CT molecular complexity index is 3520. The summed E-state index contributed by atoms with van der Waals surface area (Å²) in [5, 5.41) is 9.67. The number of para-hydroxylation sites is 4. The molecule has 276 valence electrons. The summed E-state index contributed by atoms with van der Waals surface area (Å²) in [5.41, 5.74) is 12.9. The molecule has 3 nitrogen and oxygen atoms in total. The minimum absolute atomic E-state index is 0.872. The topological polar surface area (TPSA) is 21.3 Å². The fraction of sp³-hybridized carbons (Fsp3) is 0. The van der Waals surface area contributed by atoms with Crippen LogP contribution in [0.1, 0.15) is 0 Å². The van der Waals surface area contributed by atoms with Gasteiger partial charge in [0, 0.05) is 49.9 Å². The molecule has 0 amide bonds. The van der Waals surface area contributed by atoms with Crippen LogP contribution in [-0.2, 0) is 0 Å². The lowest BCUT2D eigenvalue weighted by Crippen LogP contribution is -2.10. The summed E-state index contributed by atoms with van der Waals surface area (Å²) in [7, 11) is 0. The van der Waals surface area contributed by atoms with Gasteiger partial charge in [-0.15, -0.1) is 0 Å². The SMILES string of the molecule is c1ccc(N(c2cccc(-c3ccc4ccc5ccccc5c4c3)c2)c2cc(-c3cccc(-n4c5ccccc5c5ccccc54)c3)c3oc4ccccc4c3c2)cc1. The Kier molecular flexibility index (Phi) is 7.54. The first-order valence-corrected chi connectivity index (χ1v) is 20.2. The third-order valence-electron chi connectivity index (χ3n) is 11.9. The van der Waals surface area contributed by atoms with Crippen LogP contribution in [0, 0.1) is 0 Å². The second-order valence-corrected chi connectivity index (χ2v) is 15.3. The molecule has 12 aromatic rings. The molecule has 2 aromatic heterocycles. The van der Waals surface area contributed by atoms with E-state index in [1.54, 1.807) is 0 Å². The van der Waals surface area contributed by atoms with E-state index in [0.717, 1.165) is 61.4 Å². The van der Waals surface area contributed by atoms with E-state index in [1.807, 2.05) is 6.07 Å². The summed E-state index contributed by atoms with van der Waals surface area (Å²) < 4.78 is 9.15. The van der Waals surface area contributed by atoms with E-state index in [9.17, 15) is 0 Å². The van der Waals surface area contributed by atoms with Gasteiger partial charge in [-0.05, 0) is 111 Å². The van der Waals surface area contributed by atoms with Crippen LogP contribution in [0.5, 0.6) is 0 Å². The number of furan rings is 1. The van der Waals surface area contributed by atoms with Crippen LogP contribution in [0.15, 0.2) is 223 Å². The fourth-order valence-corrected chi connectivity index (χ4v) is 9.20. The molecule has 0 fully saturated rings. The molecule has 0 bridgehead atoms. The summed E-state index contributed by atoms with van der Waals surface area (Å²) in [5.74, 6) is 0. The van der Waals surface area contributed by atoms with Gasteiger partial charge in [-0.3, -0.25) is 0 Å². The highest BCUT2D eigenvalue weighted by Gasteiger charge is 2.21. The molecule has 0 N–H and O–H groups in total. The first-order valence-electron chi connectivity index (χ1n) is 20.2. The number of nitrogens with zero attached hydrogens (tertiary/aromatic N) is 2. The monoisotopic (exact) mass is 752 g/mol. The standard InChI is InChI=1S/C56H36N2O/c1-2-17-42(18-3-1)57(43-19-12-15-39(32-43)40-31-30-38-29-28-37-14-4-5-21-46(37)50(38)34-40)45-35-51(56-52(36-45)49-24-8-11-27-55(49)59-56)41-16-13-20-44(33-41)58-53-25-9-6-22-47(53)48-23-7-10-26-54(48)58/h1-36H. The van der Waals surface area contributed by atoms with Crippen molar-refractivity contribution in [2.24, 2.45) is 0 Å². The Morgan fingerprint density at radius 1 is 0.339 bits per heavy atom. The Balaban J connectivity index is 1.06. The van der Waals surface area contributed by atoms with Gasteiger partial charge in [0.2, 0.25) is 0 Å². The predicted octanol–water partition coefficient (Wildman–Crippen LogP) is 15.8. The smallest absolute Gasteiger partial charge is 0.143 e. The molecule has 3 heteroatoms. The molecule has 0 radical (unpaired) electrons. The van der Waals surface area contributed by atoms with E-state index < -0.39 is 0 Å². The number of anilines is 3. The molecule has 0 saturated carbocycles. The van der Waals surface area contributed by atoms with Crippen LogP contribution in [0.2, 0.25) is 0 Å². The van der Waals surface area contributed by atoms with Crippen molar-refractivity contribution in [1.29, 1.82) is 0 Å². The molecular formula is C56H36N2O. The molecule has 0 aliphatic heterocycles. The van der Waals surface area contributed by atoms with Crippen LogP contribution in [0.25, 0.3) is 93.2 Å².